The second-order valence-electron chi connectivity index (χ2n) is 4.15. The smallest absolute Gasteiger partial charge is 0.148 e. The molecule has 0 fully saturated rings. The molecule has 4 nitrogen and oxygen atoms in total. The molecule has 0 spiro atoms. The Morgan fingerprint density at radius 3 is 2.84 bits per heavy atom. The number of hydrogen-bond donors (Lipinski definition) is 3. The number of benzene rings is 2. The highest BCUT2D eigenvalue weighted by atomic mass is 35.5. The summed E-state index contributed by atoms with van der Waals surface area (Å²) in [5.41, 5.74) is 8.19. The van der Waals surface area contributed by atoms with Gasteiger partial charge in [-0.25, -0.2) is 4.39 Å². The van der Waals surface area contributed by atoms with Crippen molar-refractivity contribution in [2.45, 2.75) is 0 Å². The van der Waals surface area contributed by atoms with Crippen LogP contribution in [-0.4, -0.2) is 10.2 Å². The van der Waals surface area contributed by atoms with Gasteiger partial charge in [0.25, 0.3) is 0 Å². The molecule has 3 rings (SSSR count). The molecule has 4 N–H and O–H groups in total. The number of halogens is 2. The van der Waals surface area contributed by atoms with Crippen LogP contribution in [0.2, 0.25) is 5.02 Å². The van der Waals surface area contributed by atoms with Crippen molar-refractivity contribution in [3.63, 3.8) is 0 Å². The first-order chi connectivity index (χ1) is 9.13. The SMILES string of the molecule is Nc1cc2cn[nH]c2cc1Nc1ccc(Cl)cc1F. The number of hydrogen-bond acceptors (Lipinski definition) is 3. The van der Waals surface area contributed by atoms with Crippen LogP contribution >= 0.6 is 11.6 Å². The summed E-state index contributed by atoms with van der Waals surface area (Å²) in [4.78, 5) is 0. The number of nitrogens with one attached hydrogen (secondary N) is 2. The van der Waals surface area contributed by atoms with E-state index in [0.717, 1.165) is 10.9 Å². The number of aromatic amines is 1. The molecule has 0 saturated heterocycles. The zero-order valence-corrected chi connectivity index (χ0v) is 10.5. The summed E-state index contributed by atoms with van der Waals surface area (Å²) >= 11 is 5.71. The minimum absolute atomic E-state index is 0.315. The van der Waals surface area contributed by atoms with E-state index in [-0.39, 0.29) is 0 Å². The molecule has 0 amide bonds. The average Bonchev–Trinajstić information content (AvgIpc) is 2.80. The highest BCUT2D eigenvalue weighted by Gasteiger charge is 2.07. The van der Waals surface area contributed by atoms with Gasteiger partial charge in [-0.3, -0.25) is 5.10 Å². The maximum atomic E-state index is 13.7. The van der Waals surface area contributed by atoms with Crippen LogP contribution in [0, 0.1) is 5.82 Å². The molecule has 0 saturated carbocycles. The third-order valence-electron chi connectivity index (χ3n) is 2.81. The molecule has 1 heterocycles. The highest BCUT2D eigenvalue weighted by Crippen LogP contribution is 2.29. The molecular formula is C13H10ClFN4. The van der Waals surface area contributed by atoms with Crippen LogP contribution in [0.15, 0.2) is 36.5 Å². The normalized spacial score (nSPS) is 10.8. The van der Waals surface area contributed by atoms with Gasteiger partial charge in [0, 0.05) is 10.4 Å². The Labute approximate surface area is 113 Å². The molecule has 3 aromatic rings. The first-order valence-corrected chi connectivity index (χ1v) is 5.96. The molecule has 0 bridgehead atoms. The maximum absolute atomic E-state index is 13.7. The quantitative estimate of drug-likeness (QED) is 0.626. The van der Waals surface area contributed by atoms with Crippen LogP contribution in [0.5, 0.6) is 0 Å². The van der Waals surface area contributed by atoms with E-state index in [9.17, 15) is 4.39 Å². The molecule has 1 aromatic heterocycles. The van der Waals surface area contributed by atoms with E-state index in [4.69, 9.17) is 17.3 Å². The second kappa shape index (κ2) is 4.44. The zero-order valence-electron chi connectivity index (χ0n) is 9.74. The number of nitrogen functional groups attached to an aromatic ring is 1. The monoisotopic (exact) mass is 276 g/mol. The fourth-order valence-electron chi connectivity index (χ4n) is 1.85. The number of nitrogens with zero attached hydrogens (tertiary/aromatic N) is 1. The fourth-order valence-corrected chi connectivity index (χ4v) is 2.01. The number of rotatable bonds is 2. The van der Waals surface area contributed by atoms with Gasteiger partial charge in [0.05, 0.1) is 28.8 Å². The van der Waals surface area contributed by atoms with E-state index in [1.165, 1.54) is 6.07 Å². The van der Waals surface area contributed by atoms with Crippen LogP contribution in [-0.2, 0) is 0 Å². The molecule has 0 aliphatic rings. The molecule has 0 unspecified atom stereocenters. The summed E-state index contributed by atoms with van der Waals surface area (Å²) in [5, 5.41) is 10.9. The van der Waals surface area contributed by atoms with Crippen LogP contribution in [0.25, 0.3) is 10.9 Å². The Hall–Kier alpha value is -2.27. The Morgan fingerprint density at radius 2 is 2.05 bits per heavy atom. The summed E-state index contributed by atoms with van der Waals surface area (Å²) in [6, 6.07) is 7.97. The summed E-state index contributed by atoms with van der Waals surface area (Å²) in [5.74, 6) is -0.434. The molecule has 6 heteroatoms. The molecule has 96 valence electrons. The molecular weight excluding hydrogens is 267 g/mol. The van der Waals surface area contributed by atoms with Gasteiger partial charge in [-0.05, 0) is 30.3 Å². The zero-order chi connectivity index (χ0) is 13.4. The van der Waals surface area contributed by atoms with E-state index in [2.05, 4.69) is 15.5 Å². The number of aromatic nitrogens is 2. The van der Waals surface area contributed by atoms with Crippen molar-refractivity contribution in [1.29, 1.82) is 0 Å². The van der Waals surface area contributed by atoms with E-state index < -0.39 is 5.82 Å². The van der Waals surface area contributed by atoms with Gasteiger partial charge in [0.2, 0.25) is 0 Å². The third-order valence-corrected chi connectivity index (χ3v) is 3.05. The lowest BCUT2D eigenvalue weighted by Gasteiger charge is -2.10. The topological polar surface area (TPSA) is 66.7 Å². The molecule has 2 aromatic carbocycles. The fraction of sp³-hybridized carbons (Fsp3) is 0. The van der Waals surface area contributed by atoms with Crippen molar-refractivity contribution in [3.8, 4) is 0 Å². The molecule has 0 radical (unpaired) electrons. The Morgan fingerprint density at radius 1 is 1.21 bits per heavy atom. The molecule has 0 aliphatic heterocycles. The Balaban J connectivity index is 2.02. The number of anilines is 3. The van der Waals surface area contributed by atoms with Crippen LogP contribution in [0.1, 0.15) is 0 Å². The second-order valence-corrected chi connectivity index (χ2v) is 4.58. The van der Waals surface area contributed by atoms with Gasteiger partial charge >= 0.3 is 0 Å². The summed E-state index contributed by atoms with van der Waals surface area (Å²) in [6.07, 6.45) is 1.68. The van der Waals surface area contributed by atoms with E-state index in [0.29, 0.717) is 22.1 Å². The van der Waals surface area contributed by atoms with Crippen molar-refractivity contribution >= 4 is 39.6 Å². The van der Waals surface area contributed by atoms with E-state index in [1.807, 2.05) is 0 Å². The lowest BCUT2D eigenvalue weighted by atomic mass is 10.2. The van der Waals surface area contributed by atoms with Gasteiger partial charge in [-0.1, -0.05) is 11.6 Å². The lowest BCUT2D eigenvalue weighted by molar-refractivity contribution is 0.632. The first kappa shape index (κ1) is 11.8. The van der Waals surface area contributed by atoms with Crippen LogP contribution in [0.3, 0.4) is 0 Å². The lowest BCUT2D eigenvalue weighted by Crippen LogP contribution is -1.98. The van der Waals surface area contributed by atoms with Gasteiger partial charge in [0.15, 0.2) is 0 Å². The van der Waals surface area contributed by atoms with Crippen molar-refractivity contribution in [2.24, 2.45) is 0 Å². The van der Waals surface area contributed by atoms with Crippen molar-refractivity contribution < 1.29 is 4.39 Å². The predicted molar refractivity (Wildman–Crippen MR) is 75.2 cm³/mol. The van der Waals surface area contributed by atoms with Gasteiger partial charge in [0.1, 0.15) is 5.82 Å². The molecule has 0 aliphatic carbocycles. The minimum atomic E-state index is -0.434. The predicted octanol–water partition coefficient (Wildman–Crippen LogP) is 3.68. The van der Waals surface area contributed by atoms with Crippen molar-refractivity contribution in [2.75, 3.05) is 11.1 Å². The average molecular weight is 277 g/mol. The minimum Gasteiger partial charge on any atom is -0.397 e. The van der Waals surface area contributed by atoms with Crippen molar-refractivity contribution in [1.82, 2.24) is 10.2 Å². The number of H-pyrrole nitrogens is 1. The summed E-state index contributed by atoms with van der Waals surface area (Å²) < 4.78 is 13.7. The third kappa shape index (κ3) is 2.20. The van der Waals surface area contributed by atoms with E-state index >= 15 is 0 Å². The Kier molecular flexibility index (Phi) is 2.76. The number of fused-ring (bicyclic) bond motifs is 1. The van der Waals surface area contributed by atoms with Gasteiger partial charge in [-0.15, -0.1) is 0 Å². The van der Waals surface area contributed by atoms with Crippen LogP contribution in [0.4, 0.5) is 21.5 Å². The largest absolute Gasteiger partial charge is 0.397 e. The van der Waals surface area contributed by atoms with Gasteiger partial charge in [-0.2, -0.15) is 5.10 Å². The van der Waals surface area contributed by atoms with Crippen LogP contribution < -0.4 is 11.1 Å². The molecule has 19 heavy (non-hydrogen) atoms. The van der Waals surface area contributed by atoms with Crippen molar-refractivity contribution in [3.05, 3.63) is 47.4 Å². The highest BCUT2D eigenvalue weighted by molar-refractivity contribution is 6.30. The summed E-state index contributed by atoms with van der Waals surface area (Å²) in [6.45, 7) is 0. The Bertz CT molecular complexity index is 753. The molecule has 0 atom stereocenters. The summed E-state index contributed by atoms with van der Waals surface area (Å²) in [7, 11) is 0. The number of nitrogens with two attached hydrogens (primary N) is 1. The van der Waals surface area contributed by atoms with Gasteiger partial charge < -0.3 is 11.1 Å². The first-order valence-electron chi connectivity index (χ1n) is 5.58. The standard InChI is InChI=1S/C13H10ClFN4/c14-8-1-2-11(9(15)4-8)18-13-5-12-7(3-10(13)16)6-17-19-12/h1-6,18H,16H2,(H,17,19). The van der Waals surface area contributed by atoms with E-state index in [1.54, 1.807) is 30.5 Å². The maximum Gasteiger partial charge on any atom is 0.148 e.